The summed E-state index contributed by atoms with van der Waals surface area (Å²) in [6, 6.07) is 8.12. The first-order valence-corrected chi connectivity index (χ1v) is 7.21. The Balaban J connectivity index is 1.75. The molecule has 0 fully saturated rings. The largest absolute Gasteiger partial charge is 0.372 e. The van der Waals surface area contributed by atoms with Crippen LogP contribution in [0.4, 0.5) is 0 Å². The molecular formula is C13H13NO2S2. The lowest BCUT2D eigenvalue weighted by Crippen LogP contribution is -1.91. The minimum absolute atomic E-state index is 0.432. The number of aromatic nitrogens is 1. The van der Waals surface area contributed by atoms with Gasteiger partial charge in [-0.15, -0.1) is 11.3 Å². The molecule has 0 aliphatic carbocycles. The second-order valence-electron chi connectivity index (χ2n) is 3.34. The molecule has 0 radical (unpaired) electrons. The highest BCUT2D eigenvalue weighted by Gasteiger charge is 2.02. The Bertz CT molecular complexity index is 524. The predicted octanol–water partition coefficient (Wildman–Crippen LogP) is 3.01. The topological polar surface area (TPSA) is 31.4 Å². The standard InChI is InChI=1S/C13H13NO2S2/c1-15-8-4-5-9-16-10-17-13-14-11-6-2-3-7-12(11)18-13/h2-3,6-7H,8-10H2,1H3. The van der Waals surface area contributed by atoms with Crippen LogP contribution in [0, 0.1) is 11.8 Å². The molecule has 18 heavy (non-hydrogen) atoms. The molecule has 0 N–H and O–H groups in total. The van der Waals surface area contributed by atoms with Gasteiger partial charge in [0.1, 0.15) is 19.2 Å². The summed E-state index contributed by atoms with van der Waals surface area (Å²) in [4.78, 5) is 4.51. The molecule has 0 amide bonds. The number of rotatable bonds is 5. The van der Waals surface area contributed by atoms with Crippen molar-refractivity contribution in [2.24, 2.45) is 0 Å². The molecule has 5 heteroatoms. The van der Waals surface area contributed by atoms with E-state index in [0.717, 1.165) is 9.86 Å². The first-order valence-electron chi connectivity index (χ1n) is 5.41. The van der Waals surface area contributed by atoms with Crippen molar-refractivity contribution in [3.63, 3.8) is 0 Å². The van der Waals surface area contributed by atoms with E-state index in [1.165, 1.54) is 4.70 Å². The van der Waals surface area contributed by atoms with Gasteiger partial charge in [0.15, 0.2) is 4.34 Å². The average Bonchev–Trinajstić information content (AvgIpc) is 2.80. The van der Waals surface area contributed by atoms with Gasteiger partial charge in [-0.3, -0.25) is 0 Å². The zero-order chi connectivity index (χ0) is 12.6. The van der Waals surface area contributed by atoms with Gasteiger partial charge in [0.25, 0.3) is 0 Å². The smallest absolute Gasteiger partial charge is 0.153 e. The van der Waals surface area contributed by atoms with Crippen molar-refractivity contribution in [3.05, 3.63) is 24.3 Å². The minimum Gasteiger partial charge on any atom is -0.372 e. The monoisotopic (exact) mass is 279 g/mol. The van der Waals surface area contributed by atoms with Crippen molar-refractivity contribution in [2.45, 2.75) is 4.34 Å². The Kier molecular flexibility index (Phi) is 5.49. The maximum Gasteiger partial charge on any atom is 0.153 e. The fraction of sp³-hybridized carbons (Fsp3) is 0.308. The van der Waals surface area contributed by atoms with Crippen molar-refractivity contribution in [3.8, 4) is 11.8 Å². The zero-order valence-corrected chi connectivity index (χ0v) is 11.6. The number of ether oxygens (including phenoxy) is 2. The van der Waals surface area contributed by atoms with Gasteiger partial charge in [-0.1, -0.05) is 35.7 Å². The molecule has 0 aliphatic rings. The second-order valence-corrected chi connectivity index (χ2v) is 5.54. The van der Waals surface area contributed by atoms with E-state index in [1.807, 2.05) is 18.2 Å². The van der Waals surface area contributed by atoms with Crippen LogP contribution in [0.2, 0.25) is 0 Å². The van der Waals surface area contributed by atoms with Crippen LogP contribution in [0.15, 0.2) is 28.6 Å². The van der Waals surface area contributed by atoms with Gasteiger partial charge in [-0.05, 0) is 12.1 Å². The Labute approximate surface area is 115 Å². The molecule has 0 unspecified atom stereocenters. The maximum absolute atomic E-state index is 5.38. The van der Waals surface area contributed by atoms with Crippen molar-refractivity contribution in [1.82, 2.24) is 4.98 Å². The summed E-state index contributed by atoms with van der Waals surface area (Å²) < 4.78 is 12.4. The molecule has 1 aromatic carbocycles. The second kappa shape index (κ2) is 7.39. The number of thiazole rings is 1. The van der Waals surface area contributed by atoms with Crippen LogP contribution >= 0.6 is 23.1 Å². The average molecular weight is 279 g/mol. The van der Waals surface area contributed by atoms with Crippen molar-refractivity contribution >= 4 is 33.3 Å². The minimum atomic E-state index is 0.432. The number of hydrogen-bond donors (Lipinski definition) is 0. The van der Waals surface area contributed by atoms with Gasteiger partial charge in [0.2, 0.25) is 0 Å². The lowest BCUT2D eigenvalue weighted by atomic mass is 10.3. The van der Waals surface area contributed by atoms with Crippen LogP contribution in [0.5, 0.6) is 0 Å². The van der Waals surface area contributed by atoms with Gasteiger partial charge < -0.3 is 9.47 Å². The Morgan fingerprint density at radius 2 is 2.11 bits per heavy atom. The number of para-hydroxylation sites is 1. The Morgan fingerprint density at radius 3 is 2.94 bits per heavy atom. The number of methoxy groups -OCH3 is 1. The molecule has 2 aromatic rings. The summed E-state index contributed by atoms with van der Waals surface area (Å²) in [5, 5.41) is 0. The van der Waals surface area contributed by atoms with Gasteiger partial charge in [0.05, 0.1) is 10.2 Å². The lowest BCUT2D eigenvalue weighted by Gasteiger charge is -1.95. The summed E-state index contributed by atoms with van der Waals surface area (Å²) in [5.74, 6) is 6.28. The molecule has 1 aromatic heterocycles. The van der Waals surface area contributed by atoms with E-state index in [0.29, 0.717) is 19.2 Å². The first-order chi connectivity index (χ1) is 8.90. The third kappa shape index (κ3) is 4.00. The molecule has 0 spiro atoms. The maximum atomic E-state index is 5.38. The van der Waals surface area contributed by atoms with Crippen LogP contribution in [0.25, 0.3) is 10.2 Å². The first kappa shape index (κ1) is 13.4. The van der Waals surface area contributed by atoms with E-state index in [1.54, 1.807) is 30.2 Å². The quantitative estimate of drug-likeness (QED) is 0.364. The Hall–Kier alpha value is -1.06. The van der Waals surface area contributed by atoms with Crippen molar-refractivity contribution in [1.29, 1.82) is 0 Å². The van der Waals surface area contributed by atoms with E-state index < -0.39 is 0 Å². The van der Waals surface area contributed by atoms with Crippen LogP contribution < -0.4 is 0 Å². The molecule has 0 saturated heterocycles. The van der Waals surface area contributed by atoms with Crippen LogP contribution in [-0.2, 0) is 9.47 Å². The highest BCUT2D eigenvalue weighted by molar-refractivity contribution is 8.01. The van der Waals surface area contributed by atoms with Crippen molar-refractivity contribution < 1.29 is 9.47 Å². The molecule has 0 bridgehead atoms. The van der Waals surface area contributed by atoms with Crippen LogP contribution in [-0.4, -0.2) is 31.2 Å². The number of thioether (sulfide) groups is 1. The summed E-state index contributed by atoms with van der Waals surface area (Å²) in [5.41, 5.74) is 1.05. The molecule has 0 atom stereocenters. The number of benzene rings is 1. The van der Waals surface area contributed by atoms with Crippen molar-refractivity contribution in [2.75, 3.05) is 26.3 Å². The molecule has 0 aliphatic heterocycles. The molecule has 1 heterocycles. The van der Waals surface area contributed by atoms with Gasteiger partial charge in [0, 0.05) is 7.11 Å². The van der Waals surface area contributed by atoms with E-state index in [9.17, 15) is 0 Å². The molecule has 0 saturated carbocycles. The summed E-state index contributed by atoms with van der Waals surface area (Å²) in [6.45, 7) is 0.885. The van der Waals surface area contributed by atoms with Gasteiger partial charge >= 0.3 is 0 Å². The van der Waals surface area contributed by atoms with E-state index in [4.69, 9.17) is 9.47 Å². The zero-order valence-electron chi connectivity index (χ0n) is 10.0. The predicted molar refractivity (Wildman–Crippen MR) is 75.9 cm³/mol. The lowest BCUT2D eigenvalue weighted by molar-refractivity contribution is 0.220. The molecule has 94 valence electrons. The van der Waals surface area contributed by atoms with Crippen LogP contribution in [0.1, 0.15) is 0 Å². The van der Waals surface area contributed by atoms with E-state index in [-0.39, 0.29) is 0 Å². The number of nitrogens with zero attached hydrogens (tertiary/aromatic N) is 1. The molecule has 2 rings (SSSR count). The normalized spacial score (nSPS) is 10.3. The Morgan fingerprint density at radius 1 is 1.28 bits per heavy atom. The fourth-order valence-electron chi connectivity index (χ4n) is 1.27. The fourth-order valence-corrected chi connectivity index (χ4v) is 3.05. The van der Waals surface area contributed by atoms with E-state index in [2.05, 4.69) is 22.9 Å². The highest BCUT2D eigenvalue weighted by atomic mass is 32.2. The number of fused-ring (bicyclic) bond motifs is 1. The van der Waals surface area contributed by atoms with Crippen LogP contribution in [0.3, 0.4) is 0 Å². The summed E-state index contributed by atoms with van der Waals surface area (Å²) >= 11 is 3.28. The summed E-state index contributed by atoms with van der Waals surface area (Å²) in [6.07, 6.45) is 0. The molecule has 3 nitrogen and oxygen atoms in total. The third-order valence-corrected chi connectivity index (χ3v) is 4.11. The number of hydrogen-bond acceptors (Lipinski definition) is 5. The third-order valence-electron chi connectivity index (χ3n) is 2.06. The van der Waals surface area contributed by atoms with E-state index >= 15 is 0 Å². The van der Waals surface area contributed by atoms with Gasteiger partial charge in [-0.2, -0.15) is 0 Å². The summed E-state index contributed by atoms with van der Waals surface area (Å²) in [7, 11) is 1.62. The SMILES string of the molecule is COCC#CCOCSc1nc2ccccc2s1. The molecular weight excluding hydrogens is 266 g/mol. The van der Waals surface area contributed by atoms with Gasteiger partial charge in [-0.25, -0.2) is 4.98 Å². The highest BCUT2D eigenvalue weighted by Crippen LogP contribution is 2.29.